The van der Waals surface area contributed by atoms with Gasteiger partial charge in [0.15, 0.2) is 0 Å². The first-order valence-corrected chi connectivity index (χ1v) is 8.17. The van der Waals surface area contributed by atoms with Crippen LogP contribution < -0.4 is 5.32 Å². The van der Waals surface area contributed by atoms with Crippen molar-refractivity contribution in [2.75, 3.05) is 40.8 Å². The van der Waals surface area contributed by atoms with Crippen LogP contribution in [0.4, 0.5) is 0 Å². The fourth-order valence-corrected chi connectivity index (χ4v) is 3.03. The second-order valence-electron chi connectivity index (χ2n) is 5.92. The predicted octanol–water partition coefficient (Wildman–Crippen LogP) is 3.26. The molecular formula is C17H30ClN3. The summed E-state index contributed by atoms with van der Waals surface area (Å²) < 4.78 is 0. The van der Waals surface area contributed by atoms with E-state index in [9.17, 15) is 0 Å². The van der Waals surface area contributed by atoms with Crippen LogP contribution in [0.2, 0.25) is 5.02 Å². The monoisotopic (exact) mass is 311 g/mol. The van der Waals surface area contributed by atoms with Crippen LogP contribution in [0.3, 0.4) is 0 Å². The van der Waals surface area contributed by atoms with Crippen molar-refractivity contribution in [2.45, 2.75) is 32.4 Å². The van der Waals surface area contributed by atoms with Crippen molar-refractivity contribution in [3.63, 3.8) is 0 Å². The van der Waals surface area contributed by atoms with Crippen LogP contribution in [-0.4, -0.2) is 56.6 Å². The van der Waals surface area contributed by atoms with Crippen LogP contribution in [0.1, 0.15) is 31.9 Å². The largest absolute Gasteiger partial charge is 0.313 e. The lowest BCUT2D eigenvalue weighted by molar-refractivity contribution is 0.174. The standard InChI is InChI=1S/C17H30ClN3/c1-6-21(14(2)13-20(4)5)11-10-17(19-3)15-8-7-9-16(18)12-15/h7-9,12,14,17,19H,6,10-11,13H2,1-5H3. The Labute approximate surface area is 135 Å². The molecular weight excluding hydrogens is 282 g/mol. The fourth-order valence-electron chi connectivity index (χ4n) is 2.83. The van der Waals surface area contributed by atoms with Crippen LogP contribution in [0.5, 0.6) is 0 Å². The summed E-state index contributed by atoms with van der Waals surface area (Å²) in [7, 11) is 6.28. The van der Waals surface area contributed by atoms with Crippen molar-refractivity contribution in [3.05, 3.63) is 34.9 Å². The lowest BCUT2D eigenvalue weighted by atomic mass is 10.0. The van der Waals surface area contributed by atoms with Crippen LogP contribution in [0.25, 0.3) is 0 Å². The highest BCUT2D eigenvalue weighted by atomic mass is 35.5. The summed E-state index contributed by atoms with van der Waals surface area (Å²) in [6.45, 7) is 7.80. The van der Waals surface area contributed by atoms with E-state index in [1.807, 2.05) is 19.2 Å². The first kappa shape index (κ1) is 18.4. The normalized spacial score (nSPS) is 14.7. The summed E-state index contributed by atoms with van der Waals surface area (Å²) in [5.41, 5.74) is 1.27. The Hall–Kier alpha value is -0.610. The summed E-state index contributed by atoms with van der Waals surface area (Å²) in [5.74, 6) is 0. The van der Waals surface area contributed by atoms with Gasteiger partial charge in [0.25, 0.3) is 0 Å². The zero-order valence-corrected chi connectivity index (χ0v) is 14.8. The van der Waals surface area contributed by atoms with Gasteiger partial charge in [-0.25, -0.2) is 0 Å². The van der Waals surface area contributed by atoms with Gasteiger partial charge in [-0.3, -0.25) is 4.90 Å². The van der Waals surface area contributed by atoms with Crippen molar-refractivity contribution in [2.24, 2.45) is 0 Å². The molecule has 4 heteroatoms. The number of hydrogen-bond acceptors (Lipinski definition) is 3. The first-order chi connectivity index (χ1) is 9.97. The number of nitrogens with zero attached hydrogens (tertiary/aromatic N) is 2. The van der Waals surface area contributed by atoms with E-state index in [-0.39, 0.29) is 0 Å². The SMILES string of the molecule is CCN(CCC(NC)c1cccc(Cl)c1)C(C)CN(C)C. The van der Waals surface area contributed by atoms with Crippen LogP contribution in [0.15, 0.2) is 24.3 Å². The summed E-state index contributed by atoms with van der Waals surface area (Å²) in [5, 5.41) is 4.22. The van der Waals surface area contributed by atoms with Gasteiger partial charge in [-0.2, -0.15) is 0 Å². The predicted molar refractivity (Wildman–Crippen MR) is 93.1 cm³/mol. The van der Waals surface area contributed by atoms with Crippen molar-refractivity contribution in [3.8, 4) is 0 Å². The Morgan fingerprint density at radius 2 is 2.00 bits per heavy atom. The van der Waals surface area contributed by atoms with E-state index in [1.54, 1.807) is 0 Å². The van der Waals surface area contributed by atoms with Gasteiger partial charge in [0.05, 0.1) is 0 Å². The number of benzene rings is 1. The maximum atomic E-state index is 6.10. The molecule has 120 valence electrons. The highest BCUT2D eigenvalue weighted by Gasteiger charge is 2.16. The van der Waals surface area contributed by atoms with Gasteiger partial charge in [-0.15, -0.1) is 0 Å². The highest BCUT2D eigenvalue weighted by molar-refractivity contribution is 6.30. The molecule has 0 spiro atoms. The molecule has 0 amide bonds. The van der Waals surface area contributed by atoms with Gasteiger partial charge in [-0.1, -0.05) is 30.7 Å². The Bertz CT molecular complexity index is 409. The number of likely N-dealkylation sites (N-methyl/N-ethyl adjacent to an activating group) is 2. The quantitative estimate of drug-likeness (QED) is 0.755. The molecule has 1 aromatic rings. The number of rotatable bonds is 9. The molecule has 3 nitrogen and oxygen atoms in total. The summed E-state index contributed by atoms with van der Waals surface area (Å²) >= 11 is 6.10. The average Bonchev–Trinajstić information content (AvgIpc) is 2.42. The van der Waals surface area contributed by atoms with E-state index in [4.69, 9.17) is 11.6 Å². The molecule has 0 aromatic heterocycles. The minimum Gasteiger partial charge on any atom is -0.313 e. The number of halogens is 1. The molecule has 0 aliphatic carbocycles. The Kier molecular flexibility index (Phi) is 8.27. The molecule has 0 aliphatic heterocycles. The number of nitrogens with one attached hydrogen (secondary N) is 1. The van der Waals surface area contributed by atoms with E-state index in [1.165, 1.54) is 5.56 Å². The van der Waals surface area contributed by atoms with E-state index < -0.39 is 0 Å². The van der Waals surface area contributed by atoms with E-state index >= 15 is 0 Å². The highest BCUT2D eigenvalue weighted by Crippen LogP contribution is 2.21. The molecule has 0 bridgehead atoms. The fraction of sp³-hybridized carbons (Fsp3) is 0.647. The Balaban J connectivity index is 2.60. The van der Waals surface area contributed by atoms with Gasteiger partial charge in [-0.05, 0) is 58.7 Å². The third kappa shape index (κ3) is 6.35. The molecule has 2 atom stereocenters. The minimum absolute atomic E-state index is 0.351. The molecule has 1 rings (SSSR count). The topological polar surface area (TPSA) is 18.5 Å². The second kappa shape index (κ2) is 9.42. The van der Waals surface area contributed by atoms with Crippen molar-refractivity contribution in [1.29, 1.82) is 0 Å². The van der Waals surface area contributed by atoms with Crippen LogP contribution in [-0.2, 0) is 0 Å². The van der Waals surface area contributed by atoms with Crippen molar-refractivity contribution < 1.29 is 0 Å². The molecule has 0 saturated heterocycles. The van der Waals surface area contributed by atoms with Gasteiger partial charge in [0.2, 0.25) is 0 Å². The lowest BCUT2D eigenvalue weighted by Gasteiger charge is -2.31. The third-order valence-corrected chi connectivity index (χ3v) is 4.20. The smallest absolute Gasteiger partial charge is 0.0409 e. The number of hydrogen-bond donors (Lipinski definition) is 1. The van der Waals surface area contributed by atoms with E-state index in [0.29, 0.717) is 12.1 Å². The minimum atomic E-state index is 0.351. The second-order valence-corrected chi connectivity index (χ2v) is 6.36. The lowest BCUT2D eigenvalue weighted by Crippen LogP contribution is -2.41. The molecule has 0 aliphatic rings. The summed E-state index contributed by atoms with van der Waals surface area (Å²) in [6, 6.07) is 9.07. The molecule has 1 N–H and O–H groups in total. The van der Waals surface area contributed by atoms with E-state index in [2.05, 4.69) is 55.2 Å². The zero-order valence-electron chi connectivity index (χ0n) is 14.1. The Morgan fingerprint density at radius 3 is 2.52 bits per heavy atom. The summed E-state index contributed by atoms with van der Waals surface area (Å²) in [6.07, 6.45) is 1.09. The molecule has 1 aromatic carbocycles. The van der Waals surface area contributed by atoms with Gasteiger partial charge < -0.3 is 10.2 Å². The molecule has 0 heterocycles. The van der Waals surface area contributed by atoms with Gasteiger partial charge >= 0.3 is 0 Å². The van der Waals surface area contributed by atoms with Crippen LogP contribution in [0, 0.1) is 0 Å². The molecule has 0 saturated carbocycles. The van der Waals surface area contributed by atoms with Crippen LogP contribution >= 0.6 is 11.6 Å². The summed E-state index contributed by atoms with van der Waals surface area (Å²) in [4.78, 5) is 4.79. The maximum absolute atomic E-state index is 6.10. The van der Waals surface area contributed by atoms with Gasteiger partial charge in [0, 0.05) is 30.2 Å². The average molecular weight is 312 g/mol. The first-order valence-electron chi connectivity index (χ1n) is 7.79. The Morgan fingerprint density at radius 1 is 1.29 bits per heavy atom. The van der Waals surface area contributed by atoms with E-state index in [0.717, 1.165) is 31.1 Å². The molecule has 0 fully saturated rings. The zero-order chi connectivity index (χ0) is 15.8. The third-order valence-electron chi connectivity index (χ3n) is 3.96. The molecule has 21 heavy (non-hydrogen) atoms. The molecule has 2 unspecified atom stereocenters. The maximum Gasteiger partial charge on any atom is 0.0409 e. The van der Waals surface area contributed by atoms with Crippen molar-refractivity contribution >= 4 is 11.6 Å². The van der Waals surface area contributed by atoms with Gasteiger partial charge in [0.1, 0.15) is 0 Å². The molecule has 0 radical (unpaired) electrons. The van der Waals surface area contributed by atoms with Crippen molar-refractivity contribution in [1.82, 2.24) is 15.1 Å².